The zero-order chi connectivity index (χ0) is 12.5. The number of aromatic amines is 1. The van der Waals surface area contributed by atoms with Crippen LogP contribution in [0.25, 0.3) is 0 Å². The predicted molar refractivity (Wildman–Crippen MR) is 63.5 cm³/mol. The minimum Gasteiger partial charge on any atom is -0.277 e. The molecule has 0 bridgehead atoms. The van der Waals surface area contributed by atoms with E-state index in [1.165, 1.54) is 24.4 Å². The zero-order valence-corrected chi connectivity index (χ0v) is 10.7. The summed E-state index contributed by atoms with van der Waals surface area (Å²) in [5.41, 5.74) is 0.125. The number of sulfonamides is 1. The third kappa shape index (κ3) is 2.64. The molecule has 17 heavy (non-hydrogen) atoms. The fourth-order valence-corrected chi connectivity index (χ4v) is 2.63. The molecule has 0 saturated carbocycles. The molecule has 1 aromatic carbocycles. The lowest BCUT2D eigenvalue weighted by molar-refractivity contribution is 0.597. The number of benzene rings is 1. The third-order valence-corrected chi connectivity index (χ3v) is 3.92. The average molecular weight is 320 g/mol. The van der Waals surface area contributed by atoms with Crippen LogP contribution in [0.2, 0.25) is 0 Å². The Labute approximate surface area is 105 Å². The first-order valence-electron chi connectivity index (χ1n) is 4.46. The first-order chi connectivity index (χ1) is 7.99. The van der Waals surface area contributed by atoms with Crippen LogP contribution in [0.15, 0.2) is 40.0 Å². The summed E-state index contributed by atoms with van der Waals surface area (Å²) in [5, 5.41) is 5.77. The molecule has 0 unspecified atom stereocenters. The fourth-order valence-electron chi connectivity index (χ4n) is 1.17. The van der Waals surface area contributed by atoms with Crippen molar-refractivity contribution in [3.63, 3.8) is 0 Å². The molecule has 0 atom stereocenters. The molecule has 0 saturated heterocycles. The van der Waals surface area contributed by atoms with E-state index in [-0.39, 0.29) is 10.7 Å². The second-order valence-electron chi connectivity index (χ2n) is 3.15. The summed E-state index contributed by atoms with van der Waals surface area (Å²) in [5.74, 6) is -0.532. The summed E-state index contributed by atoms with van der Waals surface area (Å²) in [7, 11) is -3.77. The topological polar surface area (TPSA) is 74.8 Å². The number of anilines is 1. The number of hydrogen-bond donors (Lipinski definition) is 2. The summed E-state index contributed by atoms with van der Waals surface area (Å²) in [6, 6.07) is 5.02. The molecule has 0 fully saturated rings. The molecule has 0 aliphatic carbocycles. The van der Waals surface area contributed by atoms with Gasteiger partial charge in [0.15, 0.2) is 5.03 Å². The summed E-state index contributed by atoms with van der Waals surface area (Å²) >= 11 is 3.13. The van der Waals surface area contributed by atoms with Gasteiger partial charge in [0, 0.05) is 4.47 Å². The van der Waals surface area contributed by atoms with Gasteiger partial charge in [-0.3, -0.25) is 9.82 Å². The summed E-state index contributed by atoms with van der Waals surface area (Å²) in [6.45, 7) is 0. The van der Waals surface area contributed by atoms with E-state index >= 15 is 0 Å². The van der Waals surface area contributed by atoms with Crippen molar-refractivity contribution in [1.82, 2.24) is 10.2 Å². The molecule has 2 rings (SSSR count). The summed E-state index contributed by atoms with van der Waals surface area (Å²) in [4.78, 5) is 0. The van der Waals surface area contributed by atoms with Gasteiger partial charge in [0.05, 0.1) is 11.9 Å². The van der Waals surface area contributed by atoms with E-state index in [0.717, 1.165) is 6.07 Å². The van der Waals surface area contributed by atoms with E-state index in [9.17, 15) is 12.8 Å². The Hall–Kier alpha value is -1.41. The van der Waals surface area contributed by atoms with Crippen molar-refractivity contribution >= 4 is 31.6 Å². The second-order valence-corrected chi connectivity index (χ2v) is 5.66. The number of aromatic nitrogens is 2. The largest absolute Gasteiger partial charge is 0.278 e. The minimum absolute atomic E-state index is 0.0892. The maximum absolute atomic E-state index is 13.0. The van der Waals surface area contributed by atoms with Gasteiger partial charge in [0.1, 0.15) is 5.82 Å². The zero-order valence-electron chi connectivity index (χ0n) is 8.31. The van der Waals surface area contributed by atoms with Crippen molar-refractivity contribution in [2.45, 2.75) is 5.03 Å². The highest BCUT2D eigenvalue weighted by atomic mass is 79.9. The molecule has 1 heterocycles. The Morgan fingerprint density at radius 1 is 1.35 bits per heavy atom. The predicted octanol–water partition coefficient (Wildman–Crippen LogP) is 2.11. The maximum atomic E-state index is 13.0. The maximum Gasteiger partial charge on any atom is 0.278 e. The fraction of sp³-hybridized carbons (Fsp3) is 0. The second kappa shape index (κ2) is 4.46. The van der Waals surface area contributed by atoms with E-state index in [4.69, 9.17) is 0 Å². The van der Waals surface area contributed by atoms with Crippen LogP contribution in [-0.4, -0.2) is 18.6 Å². The molecule has 5 nitrogen and oxygen atoms in total. The Morgan fingerprint density at radius 2 is 2.12 bits per heavy atom. The molecular formula is C9H7BrFN3O2S. The van der Waals surface area contributed by atoms with Crippen molar-refractivity contribution < 1.29 is 12.8 Å². The van der Waals surface area contributed by atoms with Gasteiger partial charge in [-0.15, -0.1) is 0 Å². The third-order valence-electron chi connectivity index (χ3n) is 1.94. The Kier molecular flexibility index (Phi) is 3.16. The highest BCUT2D eigenvalue weighted by Crippen LogP contribution is 2.25. The van der Waals surface area contributed by atoms with Gasteiger partial charge in [-0.2, -0.15) is 13.5 Å². The number of halogens is 2. The van der Waals surface area contributed by atoms with Crippen LogP contribution in [0.1, 0.15) is 0 Å². The van der Waals surface area contributed by atoms with Gasteiger partial charge in [0.2, 0.25) is 0 Å². The Morgan fingerprint density at radius 3 is 2.76 bits per heavy atom. The van der Waals surface area contributed by atoms with Crippen LogP contribution in [0, 0.1) is 5.82 Å². The van der Waals surface area contributed by atoms with E-state index in [2.05, 4.69) is 30.8 Å². The SMILES string of the molecule is O=S(=O)(Nc1cc(F)ccc1Br)c1ccn[nH]1. The van der Waals surface area contributed by atoms with E-state index in [0.29, 0.717) is 4.47 Å². The molecule has 90 valence electrons. The van der Waals surface area contributed by atoms with Crippen LogP contribution >= 0.6 is 15.9 Å². The van der Waals surface area contributed by atoms with Gasteiger partial charge in [-0.25, -0.2) is 4.39 Å². The molecule has 0 aliphatic heterocycles. The van der Waals surface area contributed by atoms with Gasteiger partial charge < -0.3 is 0 Å². The molecule has 0 spiro atoms. The van der Waals surface area contributed by atoms with Gasteiger partial charge in [-0.1, -0.05) is 0 Å². The highest BCUT2D eigenvalue weighted by molar-refractivity contribution is 9.10. The van der Waals surface area contributed by atoms with Crippen molar-refractivity contribution in [1.29, 1.82) is 0 Å². The quantitative estimate of drug-likeness (QED) is 0.909. The first-order valence-corrected chi connectivity index (χ1v) is 6.74. The molecule has 2 N–H and O–H groups in total. The van der Waals surface area contributed by atoms with Crippen molar-refractivity contribution in [2.24, 2.45) is 0 Å². The standard InChI is InChI=1S/C9H7BrFN3O2S/c10-7-2-1-6(11)5-8(7)14-17(15,16)9-3-4-12-13-9/h1-5,14H,(H,12,13). The van der Waals surface area contributed by atoms with Crippen LogP contribution < -0.4 is 4.72 Å². The Bertz CT molecular complexity index is 628. The van der Waals surface area contributed by atoms with Gasteiger partial charge in [-0.05, 0) is 40.2 Å². The van der Waals surface area contributed by atoms with E-state index in [1.54, 1.807) is 0 Å². The number of H-pyrrole nitrogens is 1. The lowest BCUT2D eigenvalue weighted by Gasteiger charge is -2.07. The van der Waals surface area contributed by atoms with Crippen LogP contribution in [0.4, 0.5) is 10.1 Å². The smallest absolute Gasteiger partial charge is 0.277 e. The average Bonchev–Trinajstić information content (AvgIpc) is 2.77. The molecule has 0 radical (unpaired) electrons. The molecule has 2 aromatic rings. The first kappa shape index (κ1) is 12.1. The monoisotopic (exact) mass is 319 g/mol. The minimum atomic E-state index is -3.77. The lowest BCUT2D eigenvalue weighted by Crippen LogP contribution is -2.13. The normalized spacial score (nSPS) is 11.4. The highest BCUT2D eigenvalue weighted by Gasteiger charge is 2.17. The van der Waals surface area contributed by atoms with Crippen LogP contribution in [0.3, 0.4) is 0 Å². The molecule has 0 aliphatic rings. The number of rotatable bonds is 3. The van der Waals surface area contributed by atoms with Crippen molar-refractivity contribution in [2.75, 3.05) is 4.72 Å². The summed E-state index contributed by atoms with van der Waals surface area (Å²) in [6.07, 6.45) is 1.31. The number of nitrogens with one attached hydrogen (secondary N) is 2. The lowest BCUT2D eigenvalue weighted by atomic mass is 10.3. The summed E-state index contributed by atoms with van der Waals surface area (Å²) < 4.78 is 39.3. The van der Waals surface area contributed by atoms with Crippen molar-refractivity contribution in [3.8, 4) is 0 Å². The van der Waals surface area contributed by atoms with Gasteiger partial charge >= 0.3 is 0 Å². The van der Waals surface area contributed by atoms with Crippen molar-refractivity contribution in [3.05, 3.63) is 40.8 Å². The molecule has 1 aromatic heterocycles. The number of nitrogens with zero attached hydrogens (tertiary/aromatic N) is 1. The van der Waals surface area contributed by atoms with E-state index < -0.39 is 15.8 Å². The van der Waals surface area contributed by atoms with Gasteiger partial charge in [0.25, 0.3) is 10.0 Å². The van der Waals surface area contributed by atoms with Crippen LogP contribution in [0.5, 0.6) is 0 Å². The molecular weight excluding hydrogens is 313 g/mol. The number of hydrogen-bond acceptors (Lipinski definition) is 3. The molecule has 0 amide bonds. The Balaban J connectivity index is 2.36. The van der Waals surface area contributed by atoms with E-state index in [1.807, 2.05) is 0 Å². The molecule has 8 heteroatoms. The van der Waals surface area contributed by atoms with Crippen LogP contribution in [-0.2, 0) is 10.0 Å².